The predicted octanol–water partition coefficient (Wildman–Crippen LogP) is -6.76. The molecule has 0 bridgehead atoms. The molecule has 0 spiro atoms. The van der Waals surface area contributed by atoms with Crippen LogP contribution in [0.25, 0.3) is 0 Å². The van der Waals surface area contributed by atoms with Crippen LogP contribution < -0.4 is 0 Å². The summed E-state index contributed by atoms with van der Waals surface area (Å²) in [6.07, 6.45) is -12.1. The first-order valence-corrected chi connectivity index (χ1v) is 6.65. The standard InChI is InChI=1S/2C6H12O6/c2*7-1-3(9)5(11)6(12)4(10)2-8/h3,5-9,11-12H,1-2H2;1,3-6,8-12H,2H2/t3-,5-,6-;3-,4+,5-,6-/m10/s1. The van der Waals surface area contributed by atoms with E-state index in [1.54, 1.807) is 0 Å². The van der Waals surface area contributed by atoms with Crippen LogP contribution in [0.5, 0.6) is 0 Å². The summed E-state index contributed by atoms with van der Waals surface area (Å²) in [7, 11) is 0. The summed E-state index contributed by atoms with van der Waals surface area (Å²) in [6.45, 7) is -2.45. The third-order valence-electron chi connectivity index (χ3n) is 2.81. The molecule has 144 valence electrons. The Labute approximate surface area is 136 Å². The third-order valence-corrected chi connectivity index (χ3v) is 2.81. The molecular formula is C12H24O12. The zero-order chi connectivity index (χ0) is 19.4. The molecular weight excluding hydrogens is 336 g/mol. The van der Waals surface area contributed by atoms with Crippen LogP contribution in [0, 0.1) is 0 Å². The Morgan fingerprint density at radius 3 is 1.50 bits per heavy atom. The number of hydrogen-bond acceptors (Lipinski definition) is 12. The molecule has 0 aliphatic heterocycles. The molecule has 0 aromatic carbocycles. The number of rotatable bonds is 10. The molecule has 0 heterocycles. The lowest BCUT2D eigenvalue weighted by Crippen LogP contribution is -2.46. The van der Waals surface area contributed by atoms with Crippen molar-refractivity contribution in [3.05, 3.63) is 0 Å². The summed E-state index contributed by atoms with van der Waals surface area (Å²) in [5.41, 5.74) is 0. The van der Waals surface area contributed by atoms with Crippen molar-refractivity contribution in [3.8, 4) is 0 Å². The average Bonchev–Trinajstić information content (AvgIpc) is 2.62. The van der Waals surface area contributed by atoms with Gasteiger partial charge in [-0.3, -0.25) is 4.79 Å². The molecule has 10 N–H and O–H groups in total. The topological polar surface area (TPSA) is 236 Å². The Kier molecular flexibility index (Phi) is 13.9. The normalized spacial score (nSPS) is 19.8. The van der Waals surface area contributed by atoms with Gasteiger partial charge in [0.1, 0.15) is 49.3 Å². The molecule has 24 heavy (non-hydrogen) atoms. The smallest absolute Gasteiger partial charge is 0.189 e. The summed E-state index contributed by atoms with van der Waals surface area (Å²) < 4.78 is 0. The van der Waals surface area contributed by atoms with Crippen molar-refractivity contribution in [1.29, 1.82) is 0 Å². The zero-order valence-corrected chi connectivity index (χ0v) is 12.5. The molecule has 0 fully saturated rings. The molecule has 0 amide bonds. The van der Waals surface area contributed by atoms with Crippen molar-refractivity contribution in [2.75, 3.05) is 19.8 Å². The lowest BCUT2D eigenvalue weighted by Gasteiger charge is -2.22. The summed E-state index contributed by atoms with van der Waals surface area (Å²) >= 11 is 0. The average molecular weight is 360 g/mol. The fraction of sp³-hybridized carbons (Fsp3) is 0.833. The lowest BCUT2D eigenvalue weighted by molar-refractivity contribution is -0.142. The Morgan fingerprint density at radius 2 is 1.17 bits per heavy atom. The van der Waals surface area contributed by atoms with Crippen molar-refractivity contribution >= 4 is 12.1 Å². The number of carbonyl (C=O) groups excluding carboxylic acids is 2. The molecule has 7 atom stereocenters. The quantitative estimate of drug-likeness (QED) is 0.164. The van der Waals surface area contributed by atoms with Crippen LogP contribution in [0.3, 0.4) is 0 Å². The van der Waals surface area contributed by atoms with Crippen molar-refractivity contribution < 1.29 is 60.7 Å². The number of aliphatic hydroxyl groups excluding tert-OH is 10. The number of aldehydes is 1. The minimum absolute atomic E-state index is 0.0258. The Hall–Kier alpha value is -1.06. The third kappa shape index (κ3) is 8.70. The monoisotopic (exact) mass is 360 g/mol. The highest BCUT2D eigenvalue weighted by molar-refractivity contribution is 5.84. The molecule has 0 unspecified atom stereocenters. The van der Waals surface area contributed by atoms with E-state index in [4.69, 9.17) is 51.1 Å². The number of ketones is 1. The largest absolute Gasteiger partial charge is 0.394 e. The molecule has 0 saturated carbocycles. The van der Waals surface area contributed by atoms with Gasteiger partial charge in [-0.1, -0.05) is 0 Å². The molecule has 0 radical (unpaired) electrons. The second kappa shape index (κ2) is 13.3. The van der Waals surface area contributed by atoms with Gasteiger partial charge in [0.05, 0.1) is 13.2 Å². The van der Waals surface area contributed by atoms with Crippen molar-refractivity contribution in [3.63, 3.8) is 0 Å². The summed E-state index contributed by atoms with van der Waals surface area (Å²) in [5, 5.41) is 86.6. The van der Waals surface area contributed by atoms with Gasteiger partial charge in [0.2, 0.25) is 0 Å². The molecule has 0 aromatic heterocycles. The van der Waals surface area contributed by atoms with Crippen molar-refractivity contribution in [1.82, 2.24) is 0 Å². The second-order valence-electron chi connectivity index (χ2n) is 4.67. The van der Waals surface area contributed by atoms with Gasteiger partial charge in [0.25, 0.3) is 0 Å². The summed E-state index contributed by atoms with van der Waals surface area (Å²) in [6, 6.07) is 0. The van der Waals surface area contributed by atoms with E-state index < -0.39 is 68.3 Å². The van der Waals surface area contributed by atoms with E-state index in [0.717, 1.165) is 0 Å². The Balaban J connectivity index is 0. The Bertz CT molecular complexity index is 351. The van der Waals surface area contributed by atoms with Gasteiger partial charge in [-0.15, -0.1) is 0 Å². The van der Waals surface area contributed by atoms with E-state index >= 15 is 0 Å². The predicted molar refractivity (Wildman–Crippen MR) is 74.4 cm³/mol. The first kappa shape index (κ1) is 25.2. The fourth-order valence-electron chi connectivity index (χ4n) is 1.22. The highest BCUT2D eigenvalue weighted by Gasteiger charge is 2.30. The molecule has 0 aliphatic carbocycles. The van der Waals surface area contributed by atoms with E-state index in [2.05, 4.69) is 0 Å². The molecule has 12 nitrogen and oxygen atoms in total. The molecule has 0 rings (SSSR count). The minimum atomic E-state index is -1.86. The minimum Gasteiger partial charge on any atom is -0.394 e. The first-order valence-electron chi connectivity index (χ1n) is 6.65. The van der Waals surface area contributed by atoms with Gasteiger partial charge in [-0.25, -0.2) is 0 Å². The van der Waals surface area contributed by atoms with Gasteiger partial charge in [0, 0.05) is 0 Å². The van der Waals surface area contributed by atoms with E-state index in [0.29, 0.717) is 0 Å². The van der Waals surface area contributed by atoms with Crippen LogP contribution >= 0.6 is 0 Å². The molecule has 0 saturated heterocycles. The SMILES string of the molecule is O=C(CO)[C@@H](O)[C@H](O)[C@H](O)CO.O=C[C@H](O)[C@H](O)[C@@H](O)[C@H](O)CO. The molecule has 12 heteroatoms. The fourth-order valence-corrected chi connectivity index (χ4v) is 1.22. The van der Waals surface area contributed by atoms with Crippen LogP contribution in [0.1, 0.15) is 0 Å². The second-order valence-corrected chi connectivity index (χ2v) is 4.67. The van der Waals surface area contributed by atoms with Crippen LogP contribution in [0.15, 0.2) is 0 Å². The van der Waals surface area contributed by atoms with E-state index in [1.165, 1.54) is 0 Å². The highest BCUT2D eigenvalue weighted by atomic mass is 16.4. The van der Waals surface area contributed by atoms with Crippen molar-refractivity contribution in [2.24, 2.45) is 0 Å². The number of aliphatic hydroxyl groups is 10. The van der Waals surface area contributed by atoms with Crippen LogP contribution in [0.2, 0.25) is 0 Å². The highest BCUT2D eigenvalue weighted by Crippen LogP contribution is 2.03. The van der Waals surface area contributed by atoms with Gasteiger partial charge in [-0.05, 0) is 0 Å². The maximum atomic E-state index is 10.5. The maximum Gasteiger partial charge on any atom is 0.189 e. The zero-order valence-electron chi connectivity index (χ0n) is 12.5. The summed E-state index contributed by atoms with van der Waals surface area (Å²) in [4.78, 5) is 20.4. The summed E-state index contributed by atoms with van der Waals surface area (Å²) in [5.74, 6) is -1.00. The van der Waals surface area contributed by atoms with E-state index in [1.807, 2.05) is 0 Å². The number of carbonyl (C=O) groups is 2. The lowest BCUT2D eigenvalue weighted by atomic mass is 10.0. The van der Waals surface area contributed by atoms with Crippen LogP contribution in [-0.4, -0.2) is 126 Å². The van der Waals surface area contributed by atoms with Gasteiger partial charge in [-0.2, -0.15) is 0 Å². The molecule has 0 aromatic rings. The van der Waals surface area contributed by atoms with Gasteiger partial charge in [0.15, 0.2) is 12.1 Å². The Morgan fingerprint density at radius 1 is 0.750 bits per heavy atom. The number of Topliss-reactive ketones (excluding diaryl/α,β-unsaturated/α-hetero) is 1. The van der Waals surface area contributed by atoms with Gasteiger partial charge < -0.3 is 55.9 Å². The maximum absolute atomic E-state index is 10.5. The first-order chi connectivity index (χ1) is 11.1. The van der Waals surface area contributed by atoms with Crippen molar-refractivity contribution in [2.45, 2.75) is 42.7 Å². The van der Waals surface area contributed by atoms with Crippen LogP contribution in [-0.2, 0) is 9.59 Å². The van der Waals surface area contributed by atoms with Gasteiger partial charge >= 0.3 is 0 Å². The van der Waals surface area contributed by atoms with Crippen LogP contribution in [0.4, 0.5) is 0 Å². The van der Waals surface area contributed by atoms with E-state index in [9.17, 15) is 9.59 Å². The van der Waals surface area contributed by atoms with E-state index in [-0.39, 0.29) is 6.29 Å². The number of hydrogen-bond donors (Lipinski definition) is 10. The molecule has 0 aliphatic rings.